The van der Waals surface area contributed by atoms with Gasteiger partial charge in [0.15, 0.2) is 11.5 Å². The first kappa shape index (κ1) is 24.2. The minimum absolute atomic E-state index is 0.111. The molecule has 0 aliphatic carbocycles. The Morgan fingerprint density at radius 1 is 1.33 bits per heavy atom. The Bertz CT molecular complexity index is 1350. The predicted molar refractivity (Wildman–Crippen MR) is 132 cm³/mol. The van der Waals surface area contributed by atoms with Gasteiger partial charge in [0.25, 0.3) is 5.91 Å². The SMILES string of the molecule is C=Nc1c(/C=C\C)cc(-c2nc3cc(C(=O)N4CC[C@@H]5CCN[C@@H]5C4)cnc3n2C)n1CC(F)(F)F. The van der Waals surface area contributed by atoms with Crippen LogP contribution < -0.4 is 5.32 Å². The summed E-state index contributed by atoms with van der Waals surface area (Å²) in [5, 5.41) is 3.47. The summed E-state index contributed by atoms with van der Waals surface area (Å²) in [6, 6.07) is 3.60. The second-order valence-electron chi connectivity index (χ2n) is 9.38. The Hall–Kier alpha value is -3.47. The number of likely N-dealkylation sites (tertiary alicyclic amines) is 1. The lowest BCUT2D eigenvalue weighted by atomic mass is 9.92. The molecule has 2 fully saturated rings. The highest BCUT2D eigenvalue weighted by Crippen LogP contribution is 2.36. The van der Waals surface area contributed by atoms with Crippen molar-refractivity contribution in [2.45, 2.75) is 38.5 Å². The van der Waals surface area contributed by atoms with Gasteiger partial charge in [0.2, 0.25) is 0 Å². The van der Waals surface area contributed by atoms with Gasteiger partial charge >= 0.3 is 6.18 Å². The topological polar surface area (TPSA) is 80.3 Å². The lowest BCUT2D eigenvalue weighted by Crippen LogP contribution is -2.48. The molecule has 0 unspecified atom stereocenters. The number of aromatic nitrogens is 4. The summed E-state index contributed by atoms with van der Waals surface area (Å²) >= 11 is 0. The number of carbonyl (C=O) groups is 1. The molecule has 0 radical (unpaired) electrons. The molecule has 8 nitrogen and oxygen atoms in total. The third-order valence-electron chi connectivity index (χ3n) is 7.08. The number of hydrogen-bond acceptors (Lipinski definition) is 5. The number of halogens is 3. The van der Waals surface area contributed by atoms with E-state index in [0.29, 0.717) is 53.2 Å². The maximum absolute atomic E-state index is 13.5. The van der Waals surface area contributed by atoms with E-state index >= 15 is 0 Å². The molecule has 11 heteroatoms. The normalized spacial score (nSPS) is 20.4. The monoisotopic (exact) mass is 499 g/mol. The molecule has 0 spiro atoms. The van der Waals surface area contributed by atoms with Crippen LogP contribution in [-0.4, -0.2) is 68.5 Å². The number of rotatable bonds is 5. The van der Waals surface area contributed by atoms with Gasteiger partial charge in [-0.3, -0.25) is 4.79 Å². The second kappa shape index (κ2) is 9.20. The van der Waals surface area contributed by atoms with Gasteiger partial charge in [-0.2, -0.15) is 13.2 Å². The number of aliphatic imine (C=N–C) groups is 1. The molecule has 0 bridgehead atoms. The molecule has 3 aromatic rings. The summed E-state index contributed by atoms with van der Waals surface area (Å²) in [5.41, 5.74) is 2.07. The van der Waals surface area contributed by atoms with E-state index in [1.165, 1.54) is 6.20 Å². The molecule has 190 valence electrons. The molecule has 5 heterocycles. The van der Waals surface area contributed by atoms with Crippen molar-refractivity contribution in [3.8, 4) is 11.5 Å². The Morgan fingerprint density at radius 3 is 2.86 bits per heavy atom. The van der Waals surface area contributed by atoms with Crippen LogP contribution in [0.3, 0.4) is 0 Å². The lowest BCUT2D eigenvalue weighted by Gasteiger charge is -2.34. The zero-order chi connectivity index (χ0) is 25.6. The number of nitrogens with zero attached hydrogens (tertiary/aromatic N) is 6. The average Bonchev–Trinajstić information content (AvgIpc) is 3.53. The fourth-order valence-electron chi connectivity index (χ4n) is 5.38. The van der Waals surface area contributed by atoms with E-state index in [1.807, 2.05) is 4.90 Å². The van der Waals surface area contributed by atoms with Crippen molar-refractivity contribution in [2.75, 3.05) is 19.6 Å². The van der Waals surface area contributed by atoms with Crippen LogP contribution in [0.1, 0.15) is 35.7 Å². The number of pyridine rings is 1. The number of nitrogens with one attached hydrogen (secondary N) is 1. The van der Waals surface area contributed by atoms with E-state index in [0.717, 1.165) is 24.0 Å². The Labute approximate surface area is 206 Å². The highest BCUT2D eigenvalue weighted by atomic mass is 19.4. The molecular formula is C25H28F3N7O. The highest BCUT2D eigenvalue weighted by Gasteiger charge is 2.35. The fraction of sp³-hybridized carbons (Fsp3) is 0.440. The van der Waals surface area contributed by atoms with Gasteiger partial charge in [0, 0.05) is 37.9 Å². The number of amides is 1. The van der Waals surface area contributed by atoms with Gasteiger partial charge in [-0.05, 0) is 51.1 Å². The molecule has 3 aromatic heterocycles. The number of hydrogen-bond donors (Lipinski definition) is 1. The van der Waals surface area contributed by atoms with Crippen LogP contribution in [0, 0.1) is 5.92 Å². The molecule has 2 atom stereocenters. The van der Waals surface area contributed by atoms with Crippen molar-refractivity contribution in [3.05, 3.63) is 35.5 Å². The van der Waals surface area contributed by atoms with Gasteiger partial charge in [-0.1, -0.05) is 12.2 Å². The fourth-order valence-corrected chi connectivity index (χ4v) is 5.38. The molecule has 2 aliphatic heterocycles. The maximum atomic E-state index is 13.5. The number of imidazole rings is 1. The number of allylic oxidation sites excluding steroid dienone is 1. The first-order valence-corrected chi connectivity index (χ1v) is 12.0. The van der Waals surface area contributed by atoms with Gasteiger partial charge in [0.1, 0.15) is 17.9 Å². The van der Waals surface area contributed by atoms with Crippen LogP contribution in [0.4, 0.5) is 19.0 Å². The van der Waals surface area contributed by atoms with Gasteiger partial charge in [-0.25, -0.2) is 15.0 Å². The zero-order valence-corrected chi connectivity index (χ0v) is 20.2. The molecule has 5 rings (SSSR count). The zero-order valence-electron chi connectivity index (χ0n) is 20.2. The molecule has 2 aliphatic rings. The Kier molecular flexibility index (Phi) is 6.19. The van der Waals surface area contributed by atoms with Crippen LogP contribution in [0.15, 0.2) is 29.4 Å². The molecule has 2 saturated heterocycles. The number of aryl methyl sites for hydroxylation is 1. The van der Waals surface area contributed by atoms with Crippen molar-refractivity contribution < 1.29 is 18.0 Å². The molecule has 0 aromatic carbocycles. The van der Waals surface area contributed by atoms with Crippen LogP contribution in [0.2, 0.25) is 0 Å². The van der Waals surface area contributed by atoms with Crippen LogP contribution in [0.25, 0.3) is 28.8 Å². The average molecular weight is 500 g/mol. The van der Waals surface area contributed by atoms with Crippen LogP contribution in [-0.2, 0) is 13.6 Å². The molecule has 0 saturated carbocycles. The van der Waals surface area contributed by atoms with Crippen molar-refractivity contribution in [1.29, 1.82) is 0 Å². The van der Waals surface area contributed by atoms with Crippen molar-refractivity contribution in [2.24, 2.45) is 18.0 Å². The Morgan fingerprint density at radius 2 is 2.14 bits per heavy atom. The molecular weight excluding hydrogens is 471 g/mol. The minimum atomic E-state index is -4.47. The maximum Gasteiger partial charge on any atom is 0.406 e. The summed E-state index contributed by atoms with van der Waals surface area (Å²) in [5.74, 6) is 0.907. The summed E-state index contributed by atoms with van der Waals surface area (Å²) in [4.78, 5) is 28.0. The summed E-state index contributed by atoms with van der Waals surface area (Å²) in [6.45, 7) is 6.35. The predicted octanol–water partition coefficient (Wildman–Crippen LogP) is 4.19. The smallest absolute Gasteiger partial charge is 0.337 e. The van der Waals surface area contributed by atoms with Crippen LogP contribution in [0.5, 0.6) is 0 Å². The van der Waals surface area contributed by atoms with E-state index in [2.05, 4.69) is 27.0 Å². The molecule has 36 heavy (non-hydrogen) atoms. The van der Waals surface area contributed by atoms with Crippen LogP contribution >= 0.6 is 0 Å². The van der Waals surface area contributed by atoms with Gasteiger partial charge < -0.3 is 19.4 Å². The standard InChI is InChI=1S/C25H28F3N7O/c1-4-5-16-11-20(35(21(16)29-2)14-25(26,27)28)23-32-18-10-17(12-31-22(18)33(23)3)24(36)34-9-7-15-6-8-30-19(15)13-34/h4-5,10-12,15,19,30H,2,6-9,13-14H2,1,3H3/b5-4-/t15-,19+/m0/s1. The molecule has 1 N–H and O–H groups in total. The lowest BCUT2D eigenvalue weighted by molar-refractivity contribution is -0.140. The largest absolute Gasteiger partial charge is 0.406 e. The molecule has 1 amide bonds. The summed E-state index contributed by atoms with van der Waals surface area (Å²) in [6.07, 6.45) is 2.57. The third-order valence-corrected chi connectivity index (χ3v) is 7.08. The van der Waals surface area contributed by atoms with Crippen molar-refractivity contribution in [1.82, 2.24) is 29.3 Å². The van der Waals surface area contributed by atoms with Crippen molar-refractivity contribution >= 4 is 35.7 Å². The summed E-state index contributed by atoms with van der Waals surface area (Å²) < 4.78 is 43.1. The quantitative estimate of drug-likeness (QED) is 0.534. The van der Waals surface area contributed by atoms with E-state index < -0.39 is 12.7 Å². The highest BCUT2D eigenvalue weighted by molar-refractivity contribution is 5.97. The number of alkyl halides is 3. The number of fused-ring (bicyclic) bond motifs is 2. The second-order valence-corrected chi connectivity index (χ2v) is 9.38. The first-order chi connectivity index (χ1) is 17.2. The van der Waals surface area contributed by atoms with E-state index in [9.17, 15) is 18.0 Å². The van der Waals surface area contributed by atoms with E-state index in [4.69, 9.17) is 0 Å². The Balaban J connectivity index is 1.53. The van der Waals surface area contributed by atoms with Gasteiger partial charge in [0.05, 0.1) is 11.3 Å². The van der Waals surface area contributed by atoms with E-state index in [-0.39, 0.29) is 17.4 Å². The summed E-state index contributed by atoms with van der Waals surface area (Å²) in [7, 11) is 1.69. The van der Waals surface area contributed by atoms with Crippen molar-refractivity contribution in [3.63, 3.8) is 0 Å². The number of carbonyl (C=O) groups excluding carboxylic acids is 1. The van der Waals surface area contributed by atoms with Gasteiger partial charge in [-0.15, -0.1) is 0 Å². The number of piperidine rings is 1. The minimum Gasteiger partial charge on any atom is -0.337 e. The third kappa shape index (κ3) is 4.32. The van der Waals surface area contributed by atoms with E-state index in [1.54, 1.807) is 42.8 Å². The first-order valence-electron chi connectivity index (χ1n) is 12.0.